The van der Waals surface area contributed by atoms with Gasteiger partial charge in [-0.3, -0.25) is 9.69 Å². The Morgan fingerprint density at radius 3 is 2.29 bits per heavy atom. The average Bonchev–Trinajstić information content (AvgIpc) is 2.95. The molecule has 0 radical (unpaired) electrons. The Kier molecular flexibility index (Phi) is 10.1. The molecule has 3 heterocycles. The van der Waals surface area contributed by atoms with E-state index in [2.05, 4.69) is 25.5 Å². The number of ether oxygens (including phenoxy) is 3. The second kappa shape index (κ2) is 13.9. The molecule has 1 aromatic heterocycles. The summed E-state index contributed by atoms with van der Waals surface area (Å²) in [7, 11) is 0. The lowest BCUT2D eigenvalue weighted by atomic mass is 10.2. The molecule has 4 rings (SSSR count). The van der Waals surface area contributed by atoms with E-state index in [0.717, 1.165) is 32.8 Å². The zero-order valence-corrected chi connectivity index (χ0v) is 22.1. The van der Waals surface area contributed by atoms with Gasteiger partial charge >= 0.3 is 6.03 Å². The molecule has 2 saturated heterocycles. The van der Waals surface area contributed by atoms with Gasteiger partial charge in [0.15, 0.2) is 0 Å². The first-order chi connectivity index (χ1) is 18.6. The number of amides is 3. The van der Waals surface area contributed by atoms with Gasteiger partial charge in [0.05, 0.1) is 26.4 Å². The van der Waals surface area contributed by atoms with Gasteiger partial charge in [0.2, 0.25) is 11.8 Å². The van der Waals surface area contributed by atoms with Gasteiger partial charge in [-0.25, -0.2) is 9.78 Å². The molecule has 2 aliphatic rings. The minimum Gasteiger partial charge on any atom is -0.476 e. The number of urea groups is 1. The molecule has 12 nitrogen and oxygen atoms in total. The van der Waals surface area contributed by atoms with Crippen molar-refractivity contribution < 1.29 is 23.8 Å². The fraction of sp³-hybridized carbons (Fsp3) is 0.538. The fourth-order valence-corrected chi connectivity index (χ4v) is 4.20. The van der Waals surface area contributed by atoms with Crippen LogP contribution >= 0.6 is 0 Å². The van der Waals surface area contributed by atoms with Crippen LogP contribution < -0.4 is 20.3 Å². The van der Waals surface area contributed by atoms with Gasteiger partial charge in [-0.15, -0.1) is 0 Å². The van der Waals surface area contributed by atoms with Crippen molar-refractivity contribution in [3.8, 4) is 5.88 Å². The maximum atomic E-state index is 13.2. The van der Waals surface area contributed by atoms with Gasteiger partial charge in [-0.1, -0.05) is 6.07 Å². The number of aromatic nitrogens is 2. The van der Waals surface area contributed by atoms with Gasteiger partial charge in [-0.05, 0) is 32.0 Å². The van der Waals surface area contributed by atoms with Crippen LogP contribution in [-0.4, -0.2) is 111 Å². The van der Waals surface area contributed by atoms with Crippen molar-refractivity contribution in [1.82, 2.24) is 19.8 Å². The molecule has 0 atom stereocenters. The summed E-state index contributed by atoms with van der Waals surface area (Å²) < 4.78 is 16.8. The quantitative estimate of drug-likeness (QED) is 0.479. The van der Waals surface area contributed by atoms with E-state index in [4.69, 9.17) is 14.2 Å². The number of hydrogen-bond donors (Lipinski definition) is 2. The molecule has 206 valence electrons. The Balaban J connectivity index is 1.46. The molecule has 0 aliphatic carbocycles. The van der Waals surface area contributed by atoms with Gasteiger partial charge in [0, 0.05) is 63.3 Å². The van der Waals surface area contributed by atoms with Crippen molar-refractivity contribution in [3.05, 3.63) is 36.0 Å². The number of rotatable bonds is 10. The van der Waals surface area contributed by atoms with Crippen LogP contribution in [0, 0.1) is 0 Å². The van der Waals surface area contributed by atoms with Gasteiger partial charge in [0.25, 0.3) is 5.91 Å². The van der Waals surface area contributed by atoms with Crippen LogP contribution in [0.2, 0.25) is 0 Å². The second-order valence-corrected chi connectivity index (χ2v) is 8.93. The first-order valence-electron chi connectivity index (χ1n) is 13.2. The number of carbonyl (C=O) groups is 2. The van der Waals surface area contributed by atoms with E-state index < -0.39 is 5.91 Å². The van der Waals surface area contributed by atoms with Crippen molar-refractivity contribution >= 4 is 29.3 Å². The minimum atomic E-state index is -0.396. The highest BCUT2D eigenvalue weighted by atomic mass is 16.5. The van der Waals surface area contributed by atoms with E-state index in [1.807, 2.05) is 18.7 Å². The summed E-state index contributed by atoms with van der Waals surface area (Å²) in [6.45, 7) is 11.8. The standard InChI is InChI=1S/C26H37N7O5/c1-3-32(4-2)26(35)28-21-7-5-6-20(18-21)27-24(34)22-19-23(38-17-10-31-8-13-36-14-9-31)30-25(29-22)33-11-15-37-16-12-33/h5-7,18-19H,3-4,8-17H2,1-2H3,(H,27,34)(H,28,35). The van der Waals surface area contributed by atoms with Crippen molar-refractivity contribution in [1.29, 1.82) is 0 Å². The Morgan fingerprint density at radius 2 is 1.61 bits per heavy atom. The second-order valence-electron chi connectivity index (χ2n) is 8.93. The molecule has 0 unspecified atom stereocenters. The third-order valence-electron chi connectivity index (χ3n) is 6.40. The van der Waals surface area contributed by atoms with E-state index in [9.17, 15) is 9.59 Å². The zero-order valence-electron chi connectivity index (χ0n) is 22.1. The maximum Gasteiger partial charge on any atom is 0.321 e. The summed E-state index contributed by atoms with van der Waals surface area (Å²) in [5.41, 5.74) is 1.32. The lowest BCUT2D eigenvalue weighted by Gasteiger charge is -2.27. The fourth-order valence-electron chi connectivity index (χ4n) is 4.20. The topological polar surface area (TPSA) is 121 Å². The largest absolute Gasteiger partial charge is 0.476 e. The lowest BCUT2D eigenvalue weighted by molar-refractivity contribution is 0.0320. The molecule has 2 N–H and O–H groups in total. The molecule has 1 aromatic carbocycles. The lowest BCUT2D eigenvalue weighted by Crippen LogP contribution is -2.39. The average molecular weight is 528 g/mol. The van der Waals surface area contributed by atoms with Crippen LogP contribution in [-0.2, 0) is 9.47 Å². The molecule has 2 aromatic rings. The van der Waals surface area contributed by atoms with Gasteiger partial charge in [-0.2, -0.15) is 4.98 Å². The molecule has 12 heteroatoms. The van der Waals surface area contributed by atoms with Crippen molar-refractivity contribution in [2.75, 3.05) is 94.4 Å². The SMILES string of the molecule is CCN(CC)C(=O)Nc1cccc(NC(=O)c2cc(OCCN3CCOCC3)nc(N3CCOCC3)n2)c1. The number of nitrogens with zero attached hydrogens (tertiary/aromatic N) is 5. The molecule has 0 bridgehead atoms. The predicted octanol–water partition coefficient (Wildman–Crippen LogP) is 2.15. The maximum absolute atomic E-state index is 13.2. The highest BCUT2D eigenvalue weighted by Crippen LogP contribution is 2.20. The number of hydrogen-bond acceptors (Lipinski definition) is 9. The Labute approximate surface area is 223 Å². The smallest absolute Gasteiger partial charge is 0.321 e. The Bertz CT molecular complexity index is 1070. The van der Waals surface area contributed by atoms with E-state index >= 15 is 0 Å². The van der Waals surface area contributed by atoms with E-state index in [1.165, 1.54) is 0 Å². The van der Waals surface area contributed by atoms with Crippen LogP contribution in [0.25, 0.3) is 0 Å². The first kappa shape index (κ1) is 27.6. The van der Waals surface area contributed by atoms with Crippen LogP contribution in [0.1, 0.15) is 24.3 Å². The number of benzene rings is 1. The third kappa shape index (κ3) is 7.76. The highest BCUT2D eigenvalue weighted by Gasteiger charge is 2.20. The monoisotopic (exact) mass is 527 g/mol. The molecule has 2 fully saturated rings. The summed E-state index contributed by atoms with van der Waals surface area (Å²) in [6.07, 6.45) is 0. The first-order valence-corrected chi connectivity index (χ1v) is 13.2. The van der Waals surface area contributed by atoms with Crippen LogP contribution in [0.15, 0.2) is 30.3 Å². The summed E-state index contributed by atoms with van der Waals surface area (Å²) in [4.78, 5) is 40.7. The number of nitrogens with one attached hydrogen (secondary N) is 2. The summed E-state index contributed by atoms with van der Waals surface area (Å²) in [6, 6.07) is 8.39. The molecule has 0 saturated carbocycles. The van der Waals surface area contributed by atoms with Crippen LogP contribution in [0.4, 0.5) is 22.1 Å². The van der Waals surface area contributed by atoms with Crippen molar-refractivity contribution in [3.63, 3.8) is 0 Å². The number of morpholine rings is 2. The van der Waals surface area contributed by atoms with Crippen LogP contribution in [0.5, 0.6) is 5.88 Å². The summed E-state index contributed by atoms with van der Waals surface area (Å²) >= 11 is 0. The summed E-state index contributed by atoms with van der Waals surface area (Å²) in [5, 5.41) is 5.75. The normalized spacial score (nSPS) is 16.1. The summed E-state index contributed by atoms with van der Waals surface area (Å²) in [5.74, 6) is 0.384. The molecule has 0 spiro atoms. The van der Waals surface area contributed by atoms with Crippen molar-refractivity contribution in [2.24, 2.45) is 0 Å². The zero-order chi connectivity index (χ0) is 26.7. The molecule has 2 aliphatic heterocycles. The highest BCUT2D eigenvalue weighted by molar-refractivity contribution is 6.03. The van der Waals surface area contributed by atoms with E-state index in [0.29, 0.717) is 69.2 Å². The van der Waals surface area contributed by atoms with E-state index in [1.54, 1.807) is 35.2 Å². The molecule has 3 amide bonds. The van der Waals surface area contributed by atoms with Crippen LogP contribution in [0.3, 0.4) is 0 Å². The van der Waals surface area contributed by atoms with E-state index in [-0.39, 0.29) is 11.7 Å². The van der Waals surface area contributed by atoms with Gasteiger partial charge in [0.1, 0.15) is 12.3 Å². The molecule has 38 heavy (non-hydrogen) atoms. The third-order valence-corrected chi connectivity index (χ3v) is 6.40. The number of anilines is 3. The number of carbonyl (C=O) groups excluding carboxylic acids is 2. The van der Waals surface area contributed by atoms with Crippen molar-refractivity contribution in [2.45, 2.75) is 13.8 Å². The minimum absolute atomic E-state index is 0.191. The molecular weight excluding hydrogens is 490 g/mol. The van der Waals surface area contributed by atoms with Gasteiger partial charge < -0.3 is 34.6 Å². The Hall–Kier alpha value is -3.48. The Morgan fingerprint density at radius 1 is 0.947 bits per heavy atom. The molecular formula is C26H37N7O5. The predicted molar refractivity (Wildman–Crippen MR) is 144 cm³/mol.